The molecule has 0 radical (unpaired) electrons. The Balaban J connectivity index is 2.05. The minimum atomic E-state index is -4.51. The van der Waals surface area contributed by atoms with Gasteiger partial charge in [0.05, 0.1) is 23.1 Å². The van der Waals surface area contributed by atoms with Crippen molar-refractivity contribution >= 4 is 38.4 Å². The molecular formula is C15H15F3N2O3S2. The van der Waals surface area contributed by atoms with Crippen molar-refractivity contribution in [3.05, 3.63) is 29.8 Å². The van der Waals surface area contributed by atoms with E-state index >= 15 is 0 Å². The number of rotatable bonds is 2. The van der Waals surface area contributed by atoms with Gasteiger partial charge in [0, 0.05) is 17.4 Å². The van der Waals surface area contributed by atoms with E-state index in [9.17, 15) is 26.4 Å². The van der Waals surface area contributed by atoms with Crippen LogP contribution in [0.15, 0.2) is 29.3 Å². The molecule has 0 unspecified atom stereocenters. The molecular weight excluding hydrogens is 377 g/mol. The number of amidine groups is 1. The lowest BCUT2D eigenvalue weighted by Crippen LogP contribution is -2.37. The third-order valence-corrected chi connectivity index (χ3v) is 7.25. The van der Waals surface area contributed by atoms with Gasteiger partial charge in [-0.15, -0.1) is 0 Å². The molecule has 25 heavy (non-hydrogen) atoms. The Bertz CT molecular complexity index is 837. The van der Waals surface area contributed by atoms with E-state index in [4.69, 9.17) is 0 Å². The highest BCUT2D eigenvalue weighted by Gasteiger charge is 2.49. The van der Waals surface area contributed by atoms with Crippen LogP contribution in [-0.2, 0) is 20.8 Å². The first-order chi connectivity index (χ1) is 11.6. The summed E-state index contributed by atoms with van der Waals surface area (Å²) in [7, 11) is -3.27. The van der Waals surface area contributed by atoms with Crippen LogP contribution >= 0.6 is 11.8 Å². The van der Waals surface area contributed by atoms with Gasteiger partial charge in [-0.1, -0.05) is 24.8 Å². The Morgan fingerprint density at radius 1 is 1.36 bits per heavy atom. The zero-order chi connectivity index (χ0) is 18.4. The van der Waals surface area contributed by atoms with Crippen molar-refractivity contribution in [3.8, 4) is 0 Å². The zero-order valence-corrected chi connectivity index (χ0v) is 14.8. The lowest BCUT2D eigenvalue weighted by atomic mass is 10.1. The average molecular weight is 392 g/mol. The topological polar surface area (TPSA) is 66.8 Å². The molecule has 0 aromatic heterocycles. The minimum absolute atomic E-state index is 0.0723. The number of halogens is 3. The molecule has 5 nitrogen and oxygen atoms in total. The summed E-state index contributed by atoms with van der Waals surface area (Å²) >= 11 is 1.14. The van der Waals surface area contributed by atoms with Crippen LogP contribution in [0, 0.1) is 0 Å². The molecule has 3 rings (SSSR count). The molecule has 2 atom stereocenters. The first-order valence-corrected chi connectivity index (χ1v) is 10.3. The summed E-state index contributed by atoms with van der Waals surface area (Å²) in [5, 5.41) is -0.0842. The second-order valence-corrected chi connectivity index (χ2v) is 9.22. The normalized spacial score (nSPS) is 26.9. The number of aliphatic imine (C=N–C) groups is 1. The molecule has 0 N–H and O–H groups in total. The smallest absolute Gasteiger partial charge is 0.316 e. The SMILES string of the molecule is CCC(=O)N=C1S[C@H]2CS(=O)(=O)C[C@H]2N1c1cccc(C(F)(F)F)c1. The first-order valence-electron chi connectivity index (χ1n) is 7.56. The van der Waals surface area contributed by atoms with Crippen LogP contribution in [-0.4, -0.2) is 42.3 Å². The molecule has 0 aliphatic carbocycles. The van der Waals surface area contributed by atoms with Gasteiger partial charge in [-0.3, -0.25) is 4.79 Å². The fourth-order valence-corrected chi connectivity index (χ4v) is 6.82. The molecule has 136 valence electrons. The maximum atomic E-state index is 13.0. The number of carbonyl (C=O) groups is 1. The van der Waals surface area contributed by atoms with Gasteiger partial charge in [0.2, 0.25) is 5.91 Å². The van der Waals surface area contributed by atoms with Crippen molar-refractivity contribution in [1.82, 2.24) is 0 Å². The van der Waals surface area contributed by atoms with Crippen molar-refractivity contribution in [1.29, 1.82) is 0 Å². The summed E-state index contributed by atoms with van der Waals surface area (Å²) in [6.45, 7) is 1.63. The fraction of sp³-hybridized carbons (Fsp3) is 0.467. The molecule has 2 fully saturated rings. The van der Waals surface area contributed by atoms with Gasteiger partial charge in [0.25, 0.3) is 0 Å². The number of sulfone groups is 1. The Kier molecular flexibility index (Phi) is 4.61. The average Bonchev–Trinajstić information content (AvgIpc) is 2.97. The number of anilines is 1. The number of amides is 1. The number of alkyl halides is 3. The highest BCUT2D eigenvalue weighted by molar-refractivity contribution is 8.16. The number of fused-ring (bicyclic) bond motifs is 1. The van der Waals surface area contributed by atoms with Crippen LogP contribution in [0.2, 0.25) is 0 Å². The van der Waals surface area contributed by atoms with E-state index in [2.05, 4.69) is 4.99 Å². The molecule has 1 aromatic carbocycles. The molecule has 2 aliphatic heterocycles. The summed E-state index contributed by atoms with van der Waals surface area (Å²) < 4.78 is 62.8. The molecule has 1 aromatic rings. The molecule has 0 spiro atoms. The van der Waals surface area contributed by atoms with E-state index in [1.165, 1.54) is 17.0 Å². The zero-order valence-electron chi connectivity index (χ0n) is 13.2. The lowest BCUT2D eigenvalue weighted by Gasteiger charge is -2.25. The standard InChI is InChI=1S/C15H15F3N2O3S2/c1-2-13(21)19-14-20(11-7-25(22,23)8-12(11)24-14)10-5-3-4-9(6-10)15(16,17)18/h3-6,11-12H,2,7-8H2,1H3/t11-,12+/m1/s1. The lowest BCUT2D eigenvalue weighted by molar-refractivity contribution is -0.137. The summed E-state index contributed by atoms with van der Waals surface area (Å²) in [6.07, 6.45) is -4.35. The second-order valence-electron chi connectivity index (χ2n) is 5.86. The summed E-state index contributed by atoms with van der Waals surface area (Å²) in [6, 6.07) is 4.11. The van der Waals surface area contributed by atoms with Crippen LogP contribution in [0.1, 0.15) is 18.9 Å². The highest BCUT2D eigenvalue weighted by atomic mass is 32.2. The van der Waals surface area contributed by atoms with Crippen LogP contribution in [0.3, 0.4) is 0 Å². The Hall–Kier alpha value is -1.55. The van der Waals surface area contributed by atoms with Gasteiger partial charge in [-0.05, 0) is 18.2 Å². The van der Waals surface area contributed by atoms with E-state index < -0.39 is 33.5 Å². The number of benzene rings is 1. The molecule has 2 heterocycles. The predicted molar refractivity (Wildman–Crippen MR) is 90.5 cm³/mol. The van der Waals surface area contributed by atoms with E-state index in [-0.39, 0.29) is 34.0 Å². The number of hydrogen-bond donors (Lipinski definition) is 0. The van der Waals surface area contributed by atoms with Crippen LogP contribution in [0.5, 0.6) is 0 Å². The van der Waals surface area contributed by atoms with Gasteiger partial charge in [0.1, 0.15) is 0 Å². The number of nitrogens with zero attached hydrogens (tertiary/aromatic N) is 2. The Labute approximate surface area is 147 Å². The number of carbonyl (C=O) groups excluding carboxylic acids is 1. The van der Waals surface area contributed by atoms with Crippen LogP contribution in [0.4, 0.5) is 18.9 Å². The number of hydrogen-bond acceptors (Lipinski definition) is 4. The summed E-state index contributed by atoms with van der Waals surface area (Å²) in [5.74, 6) is -0.639. The fourth-order valence-electron chi connectivity index (χ4n) is 2.88. The summed E-state index contributed by atoms with van der Waals surface area (Å²) in [4.78, 5) is 17.1. The van der Waals surface area contributed by atoms with Gasteiger partial charge >= 0.3 is 6.18 Å². The third kappa shape index (κ3) is 3.69. The van der Waals surface area contributed by atoms with E-state index in [1.807, 2.05) is 0 Å². The maximum Gasteiger partial charge on any atom is 0.416 e. The van der Waals surface area contributed by atoms with Crippen molar-refractivity contribution in [3.63, 3.8) is 0 Å². The van der Waals surface area contributed by atoms with Crippen molar-refractivity contribution < 1.29 is 26.4 Å². The van der Waals surface area contributed by atoms with Crippen LogP contribution < -0.4 is 4.90 Å². The second kappa shape index (κ2) is 6.31. The highest BCUT2D eigenvalue weighted by Crippen LogP contribution is 2.42. The van der Waals surface area contributed by atoms with Crippen molar-refractivity contribution in [2.24, 2.45) is 4.99 Å². The molecule has 10 heteroatoms. The van der Waals surface area contributed by atoms with Gasteiger partial charge in [-0.25, -0.2) is 8.42 Å². The van der Waals surface area contributed by atoms with Gasteiger partial charge in [0.15, 0.2) is 15.0 Å². The van der Waals surface area contributed by atoms with Crippen LogP contribution in [0.25, 0.3) is 0 Å². The molecule has 0 bridgehead atoms. The van der Waals surface area contributed by atoms with Crippen molar-refractivity contribution in [2.75, 3.05) is 16.4 Å². The third-order valence-electron chi connectivity index (χ3n) is 4.04. The predicted octanol–water partition coefficient (Wildman–Crippen LogP) is 2.72. The van der Waals surface area contributed by atoms with E-state index in [0.29, 0.717) is 0 Å². The Morgan fingerprint density at radius 3 is 2.72 bits per heavy atom. The first kappa shape index (κ1) is 18.2. The molecule has 1 amide bonds. The van der Waals surface area contributed by atoms with Gasteiger partial charge < -0.3 is 4.90 Å². The van der Waals surface area contributed by atoms with E-state index in [1.54, 1.807) is 6.92 Å². The quantitative estimate of drug-likeness (QED) is 0.774. The van der Waals surface area contributed by atoms with Crippen molar-refractivity contribution in [2.45, 2.75) is 30.8 Å². The Morgan fingerprint density at radius 2 is 2.08 bits per heavy atom. The minimum Gasteiger partial charge on any atom is -0.316 e. The molecule has 0 saturated carbocycles. The monoisotopic (exact) mass is 392 g/mol. The largest absolute Gasteiger partial charge is 0.416 e. The van der Waals surface area contributed by atoms with Gasteiger partial charge in [-0.2, -0.15) is 18.2 Å². The summed E-state index contributed by atoms with van der Waals surface area (Å²) in [5.41, 5.74) is -0.643. The number of thioether (sulfide) groups is 1. The maximum absolute atomic E-state index is 13.0. The molecule has 2 aliphatic rings. The van der Waals surface area contributed by atoms with E-state index in [0.717, 1.165) is 23.9 Å². The molecule has 2 saturated heterocycles.